The number of allylic oxidation sites excluding steroid dienone is 3. The van der Waals surface area contributed by atoms with E-state index in [1.165, 1.54) is 11.1 Å². The second-order valence-electron chi connectivity index (χ2n) is 3.24. The van der Waals surface area contributed by atoms with Crippen LogP contribution >= 0.6 is 0 Å². The van der Waals surface area contributed by atoms with Gasteiger partial charge in [-0.15, -0.1) is 4.91 Å². The molecule has 0 amide bonds. The fraction of sp³-hybridized carbons (Fsp3) is 0.600. The van der Waals surface area contributed by atoms with Crippen molar-refractivity contribution in [1.29, 1.82) is 0 Å². The summed E-state index contributed by atoms with van der Waals surface area (Å²) in [6.45, 7) is 6.47. The number of hydrogen-bond donors (Lipinski definition) is 0. The first-order valence-corrected chi connectivity index (χ1v) is 4.40. The Balaban J connectivity index is 3.60. The first-order valence-electron chi connectivity index (χ1n) is 4.40. The minimum Gasteiger partial charge on any atom is -0.360 e. The molecule has 0 aliphatic rings. The van der Waals surface area contributed by atoms with E-state index in [0.717, 1.165) is 12.8 Å². The topological polar surface area (TPSA) is 38.7 Å². The Morgan fingerprint density at radius 1 is 1.31 bits per heavy atom. The molecule has 0 unspecified atom stereocenters. The van der Waals surface area contributed by atoms with E-state index in [0.29, 0.717) is 0 Å². The van der Waals surface area contributed by atoms with Crippen molar-refractivity contribution in [3.63, 3.8) is 0 Å². The van der Waals surface area contributed by atoms with Crippen molar-refractivity contribution in [2.75, 3.05) is 6.61 Å². The van der Waals surface area contributed by atoms with Gasteiger partial charge in [0.1, 0.15) is 6.61 Å². The van der Waals surface area contributed by atoms with Crippen LogP contribution in [-0.4, -0.2) is 6.61 Å². The van der Waals surface area contributed by atoms with Gasteiger partial charge >= 0.3 is 0 Å². The lowest BCUT2D eigenvalue weighted by Gasteiger charge is -1.97. The highest BCUT2D eigenvalue weighted by atomic mass is 16.7. The molecule has 0 atom stereocenters. The lowest BCUT2D eigenvalue weighted by atomic mass is 10.1. The molecule has 3 nitrogen and oxygen atoms in total. The molecule has 13 heavy (non-hydrogen) atoms. The average Bonchev–Trinajstić information content (AvgIpc) is 2.04. The Morgan fingerprint density at radius 2 is 2.00 bits per heavy atom. The third-order valence-corrected chi connectivity index (χ3v) is 1.65. The van der Waals surface area contributed by atoms with Crippen LogP contribution in [0, 0.1) is 4.91 Å². The maximum Gasteiger partial charge on any atom is 0.155 e. The SMILES string of the molecule is CC(C)=CCCC(C)=CCON=O. The van der Waals surface area contributed by atoms with Crippen molar-refractivity contribution in [2.45, 2.75) is 33.6 Å². The predicted molar refractivity (Wildman–Crippen MR) is 54.2 cm³/mol. The fourth-order valence-electron chi connectivity index (χ4n) is 0.901. The molecule has 3 heteroatoms. The van der Waals surface area contributed by atoms with Crippen molar-refractivity contribution in [1.82, 2.24) is 0 Å². The molecule has 0 aromatic rings. The van der Waals surface area contributed by atoms with Crippen LogP contribution in [0.1, 0.15) is 33.6 Å². The third-order valence-electron chi connectivity index (χ3n) is 1.65. The van der Waals surface area contributed by atoms with Crippen LogP contribution in [0.15, 0.2) is 28.6 Å². The lowest BCUT2D eigenvalue weighted by molar-refractivity contribution is 0.169. The first kappa shape index (κ1) is 11.9. The summed E-state index contributed by atoms with van der Waals surface area (Å²) in [6.07, 6.45) is 6.11. The van der Waals surface area contributed by atoms with Gasteiger partial charge < -0.3 is 4.84 Å². The summed E-state index contributed by atoms with van der Waals surface area (Å²) in [7, 11) is 0. The molecular formula is C10H17NO2. The van der Waals surface area contributed by atoms with Crippen LogP contribution in [0.3, 0.4) is 0 Å². The molecule has 0 fully saturated rings. The molecule has 0 heterocycles. The quantitative estimate of drug-likeness (QED) is 0.274. The van der Waals surface area contributed by atoms with Crippen molar-refractivity contribution in [3.05, 3.63) is 28.2 Å². The summed E-state index contributed by atoms with van der Waals surface area (Å²) in [5.74, 6) is 0. The molecular weight excluding hydrogens is 166 g/mol. The molecule has 0 radical (unpaired) electrons. The highest BCUT2D eigenvalue weighted by Gasteiger charge is 1.88. The van der Waals surface area contributed by atoms with Gasteiger partial charge in [-0.1, -0.05) is 17.2 Å². The standard InChI is InChI=1S/C10H17NO2/c1-9(2)5-4-6-10(3)7-8-13-11-12/h5,7H,4,6,8H2,1-3H3. The molecule has 0 bridgehead atoms. The van der Waals surface area contributed by atoms with Gasteiger partial charge in [-0.2, -0.15) is 0 Å². The van der Waals surface area contributed by atoms with Gasteiger partial charge in [-0.25, -0.2) is 0 Å². The zero-order chi connectivity index (χ0) is 10.1. The Labute approximate surface area is 79.4 Å². The third kappa shape index (κ3) is 8.79. The largest absolute Gasteiger partial charge is 0.360 e. The van der Waals surface area contributed by atoms with Crippen LogP contribution in [0.5, 0.6) is 0 Å². The van der Waals surface area contributed by atoms with E-state index >= 15 is 0 Å². The summed E-state index contributed by atoms with van der Waals surface area (Å²) in [6, 6.07) is 0. The minimum absolute atomic E-state index is 0.282. The second kappa shape index (κ2) is 7.53. The van der Waals surface area contributed by atoms with Crippen LogP contribution in [0.25, 0.3) is 0 Å². The normalized spacial score (nSPS) is 10.8. The minimum atomic E-state index is 0.282. The molecule has 0 rings (SSSR count). The predicted octanol–water partition coefficient (Wildman–Crippen LogP) is 3.38. The Morgan fingerprint density at radius 3 is 2.54 bits per heavy atom. The summed E-state index contributed by atoms with van der Waals surface area (Å²) in [5.41, 5.74) is 2.56. The van der Waals surface area contributed by atoms with Crippen molar-refractivity contribution in [2.24, 2.45) is 5.34 Å². The Kier molecular flexibility index (Phi) is 6.88. The molecule has 0 aromatic heterocycles. The van der Waals surface area contributed by atoms with Crippen molar-refractivity contribution >= 4 is 0 Å². The molecule has 0 saturated heterocycles. The average molecular weight is 183 g/mol. The van der Waals surface area contributed by atoms with E-state index in [1.54, 1.807) is 0 Å². The van der Waals surface area contributed by atoms with E-state index in [-0.39, 0.29) is 6.61 Å². The van der Waals surface area contributed by atoms with Gasteiger partial charge in [0.05, 0.1) is 0 Å². The first-order chi connectivity index (χ1) is 6.16. The van der Waals surface area contributed by atoms with Crippen LogP contribution in [0.4, 0.5) is 0 Å². The molecule has 0 spiro atoms. The zero-order valence-electron chi connectivity index (χ0n) is 8.54. The van der Waals surface area contributed by atoms with Gasteiger partial charge in [-0.05, 0) is 39.7 Å². The van der Waals surface area contributed by atoms with E-state index < -0.39 is 0 Å². The van der Waals surface area contributed by atoms with E-state index in [1.807, 2.05) is 13.0 Å². The van der Waals surface area contributed by atoms with Gasteiger partial charge in [0, 0.05) is 0 Å². The number of hydrogen-bond acceptors (Lipinski definition) is 3. The van der Waals surface area contributed by atoms with Crippen molar-refractivity contribution < 1.29 is 4.84 Å². The van der Waals surface area contributed by atoms with Gasteiger partial charge in [0.15, 0.2) is 5.34 Å². The number of nitrogens with zero attached hydrogens (tertiary/aromatic N) is 1. The highest BCUT2D eigenvalue weighted by Crippen LogP contribution is 2.06. The Bertz CT molecular complexity index is 203. The van der Waals surface area contributed by atoms with Crippen molar-refractivity contribution in [3.8, 4) is 0 Å². The van der Waals surface area contributed by atoms with Crippen LogP contribution < -0.4 is 0 Å². The summed E-state index contributed by atoms with van der Waals surface area (Å²) >= 11 is 0. The molecule has 0 aliphatic heterocycles. The maximum atomic E-state index is 9.58. The maximum absolute atomic E-state index is 9.58. The highest BCUT2D eigenvalue weighted by molar-refractivity contribution is 5.02. The molecule has 0 saturated carbocycles. The van der Waals surface area contributed by atoms with Crippen LogP contribution in [-0.2, 0) is 4.84 Å². The van der Waals surface area contributed by atoms with Gasteiger partial charge in [0.25, 0.3) is 0 Å². The second-order valence-corrected chi connectivity index (χ2v) is 3.24. The van der Waals surface area contributed by atoms with E-state index in [9.17, 15) is 4.91 Å². The Hall–Kier alpha value is -1.12. The summed E-state index contributed by atoms with van der Waals surface area (Å²) < 4.78 is 0. The van der Waals surface area contributed by atoms with Crippen LogP contribution in [0.2, 0.25) is 0 Å². The monoisotopic (exact) mass is 183 g/mol. The summed E-state index contributed by atoms with van der Waals surface area (Å²) in [5, 5.41) is 2.31. The van der Waals surface area contributed by atoms with E-state index in [4.69, 9.17) is 0 Å². The zero-order valence-corrected chi connectivity index (χ0v) is 8.54. The summed E-state index contributed by atoms with van der Waals surface area (Å²) in [4.78, 5) is 13.9. The fourth-order valence-corrected chi connectivity index (χ4v) is 0.901. The molecule has 0 aliphatic carbocycles. The van der Waals surface area contributed by atoms with E-state index in [2.05, 4.69) is 30.1 Å². The molecule has 0 N–H and O–H groups in total. The van der Waals surface area contributed by atoms with Gasteiger partial charge in [-0.3, -0.25) is 0 Å². The van der Waals surface area contributed by atoms with Gasteiger partial charge in [0.2, 0.25) is 0 Å². The lowest BCUT2D eigenvalue weighted by Crippen LogP contribution is -1.84. The molecule has 74 valence electrons. The smallest absolute Gasteiger partial charge is 0.155 e. The molecule has 0 aromatic carbocycles. The number of rotatable bonds is 6.